The van der Waals surface area contributed by atoms with Gasteiger partial charge in [-0.15, -0.1) is 6.58 Å². The molecule has 1 heterocycles. The molecule has 1 aliphatic heterocycles. The molecular formula is C23H19F2NO4S. The number of primary sulfonamides is 1. The number of hydrogen-bond donors (Lipinski definition) is 1. The average molecular weight is 443 g/mol. The molecule has 0 spiro atoms. The maximum Gasteiger partial charge on any atom is 0.387 e. The SMILES string of the molecule is C=CCC1Oc2cccc(OC(F)F)c2-c2ccc(-c3ccccc3S(N)(=O)=O)cc21. The van der Waals surface area contributed by atoms with Crippen molar-refractivity contribution in [2.45, 2.75) is 24.0 Å². The van der Waals surface area contributed by atoms with Crippen molar-refractivity contribution in [3.05, 3.63) is 78.9 Å². The molecule has 4 rings (SSSR count). The van der Waals surface area contributed by atoms with Gasteiger partial charge in [0.1, 0.15) is 17.6 Å². The molecule has 0 bridgehead atoms. The van der Waals surface area contributed by atoms with Gasteiger partial charge in [-0.25, -0.2) is 13.6 Å². The molecule has 0 aliphatic carbocycles. The van der Waals surface area contributed by atoms with E-state index in [-0.39, 0.29) is 10.6 Å². The van der Waals surface area contributed by atoms with Crippen LogP contribution in [0.5, 0.6) is 11.5 Å². The Kier molecular flexibility index (Phi) is 5.51. The Labute approximate surface area is 178 Å². The van der Waals surface area contributed by atoms with Crippen molar-refractivity contribution in [3.8, 4) is 33.8 Å². The third kappa shape index (κ3) is 4.04. The first-order valence-corrected chi connectivity index (χ1v) is 11.0. The van der Waals surface area contributed by atoms with Crippen LogP contribution in [-0.2, 0) is 10.0 Å². The van der Waals surface area contributed by atoms with Crippen molar-refractivity contribution in [2.24, 2.45) is 5.14 Å². The predicted molar refractivity (Wildman–Crippen MR) is 114 cm³/mol. The van der Waals surface area contributed by atoms with Gasteiger partial charge in [-0.2, -0.15) is 8.78 Å². The van der Waals surface area contributed by atoms with Gasteiger partial charge in [-0.05, 0) is 35.4 Å². The molecule has 8 heteroatoms. The lowest BCUT2D eigenvalue weighted by molar-refractivity contribution is -0.0496. The van der Waals surface area contributed by atoms with Crippen LogP contribution in [0.2, 0.25) is 0 Å². The molecule has 1 unspecified atom stereocenters. The minimum Gasteiger partial charge on any atom is -0.485 e. The van der Waals surface area contributed by atoms with E-state index in [0.717, 1.165) is 0 Å². The molecule has 1 aliphatic rings. The summed E-state index contributed by atoms with van der Waals surface area (Å²) in [5, 5.41) is 5.38. The van der Waals surface area contributed by atoms with Gasteiger partial charge in [0.2, 0.25) is 10.0 Å². The molecule has 0 fully saturated rings. The van der Waals surface area contributed by atoms with Gasteiger partial charge < -0.3 is 9.47 Å². The highest BCUT2D eigenvalue weighted by Crippen LogP contribution is 2.49. The lowest BCUT2D eigenvalue weighted by atomic mass is 9.88. The number of alkyl halides is 2. The highest BCUT2D eigenvalue weighted by atomic mass is 32.2. The Morgan fingerprint density at radius 3 is 2.58 bits per heavy atom. The number of sulfonamides is 1. The summed E-state index contributed by atoms with van der Waals surface area (Å²) < 4.78 is 60.8. The fourth-order valence-corrected chi connectivity index (χ4v) is 4.55. The smallest absolute Gasteiger partial charge is 0.387 e. The molecule has 0 radical (unpaired) electrons. The number of rotatable bonds is 6. The fraction of sp³-hybridized carbons (Fsp3) is 0.130. The zero-order chi connectivity index (χ0) is 22.2. The van der Waals surface area contributed by atoms with Crippen molar-refractivity contribution >= 4 is 10.0 Å². The number of hydrogen-bond acceptors (Lipinski definition) is 4. The highest BCUT2D eigenvalue weighted by Gasteiger charge is 2.29. The van der Waals surface area contributed by atoms with Crippen molar-refractivity contribution in [1.29, 1.82) is 0 Å². The van der Waals surface area contributed by atoms with E-state index in [1.54, 1.807) is 54.6 Å². The van der Waals surface area contributed by atoms with Crippen molar-refractivity contribution in [2.75, 3.05) is 0 Å². The zero-order valence-corrected chi connectivity index (χ0v) is 17.1. The summed E-state index contributed by atoms with van der Waals surface area (Å²) in [4.78, 5) is -0.00549. The monoisotopic (exact) mass is 443 g/mol. The lowest BCUT2D eigenvalue weighted by Gasteiger charge is -2.30. The third-order valence-corrected chi connectivity index (χ3v) is 6.00. The topological polar surface area (TPSA) is 78.6 Å². The molecule has 0 saturated carbocycles. The number of ether oxygens (including phenoxy) is 2. The maximum atomic E-state index is 13.0. The van der Waals surface area contributed by atoms with Crippen LogP contribution in [0.1, 0.15) is 18.1 Å². The van der Waals surface area contributed by atoms with Gasteiger partial charge in [-0.1, -0.05) is 42.5 Å². The predicted octanol–water partition coefficient (Wildman–Crippen LogP) is 5.28. The Morgan fingerprint density at radius 1 is 1.10 bits per heavy atom. The van der Waals surface area contributed by atoms with Crippen LogP contribution in [0.3, 0.4) is 0 Å². The second-order valence-corrected chi connectivity index (χ2v) is 8.51. The Bertz CT molecular complexity index is 1260. The van der Waals surface area contributed by atoms with Gasteiger partial charge in [0.15, 0.2) is 0 Å². The molecule has 3 aromatic rings. The van der Waals surface area contributed by atoms with Crippen LogP contribution in [0.25, 0.3) is 22.3 Å². The van der Waals surface area contributed by atoms with Crippen molar-refractivity contribution in [3.63, 3.8) is 0 Å². The molecule has 3 aromatic carbocycles. The van der Waals surface area contributed by atoms with E-state index in [4.69, 9.17) is 14.6 Å². The molecule has 0 amide bonds. The van der Waals surface area contributed by atoms with Crippen LogP contribution in [-0.4, -0.2) is 15.0 Å². The van der Waals surface area contributed by atoms with Gasteiger partial charge >= 0.3 is 6.61 Å². The first-order chi connectivity index (χ1) is 14.8. The molecule has 31 heavy (non-hydrogen) atoms. The molecule has 0 aromatic heterocycles. The molecule has 5 nitrogen and oxygen atoms in total. The van der Waals surface area contributed by atoms with E-state index < -0.39 is 22.7 Å². The number of nitrogens with two attached hydrogens (primary N) is 1. The Balaban J connectivity index is 1.93. The van der Waals surface area contributed by atoms with E-state index in [2.05, 4.69) is 6.58 Å². The van der Waals surface area contributed by atoms with Crippen LogP contribution < -0.4 is 14.6 Å². The molecule has 2 N–H and O–H groups in total. The van der Waals surface area contributed by atoms with Crippen molar-refractivity contribution in [1.82, 2.24) is 0 Å². The van der Waals surface area contributed by atoms with Crippen LogP contribution in [0.15, 0.2) is 78.2 Å². The van der Waals surface area contributed by atoms with Crippen LogP contribution in [0.4, 0.5) is 8.78 Å². The summed E-state index contributed by atoms with van der Waals surface area (Å²) in [6.45, 7) is 0.783. The highest BCUT2D eigenvalue weighted by molar-refractivity contribution is 7.89. The van der Waals surface area contributed by atoms with E-state index in [0.29, 0.717) is 40.0 Å². The van der Waals surface area contributed by atoms with Gasteiger partial charge in [0.25, 0.3) is 0 Å². The van der Waals surface area contributed by atoms with Crippen LogP contribution in [0, 0.1) is 0 Å². The number of halogens is 2. The fourth-order valence-electron chi connectivity index (χ4n) is 3.79. The summed E-state index contributed by atoms with van der Waals surface area (Å²) in [6.07, 6.45) is 1.74. The second-order valence-electron chi connectivity index (χ2n) is 6.98. The standard InChI is InChI=1S/C23H19F2NO4S/c1-2-6-18-17-13-14(15-7-3-4-10-21(15)31(26,27)28)11-12-16(17)22-19(29-18)8-5-9-20(22)30-23(24)25/h2-5,7-13,18,23H,1,6H2,(H2,26,27,28). The Morgan fingerprint density at radius 2 is 1.87 bits per heavy atom. The van der Waals surface area contributed by atoms with Crippen molar-refractivity contribution < 1.29 is 26.7 Å². The summed E-state index contributed by atoms with van der Waals surface area (Å²) >= 11 is 0. The lowest BCUT2D eigenvalue weighted by Crippen LogP contribution is -2.16. The summed E-state index contributed by atoms with van der Waals surface area (Å²) in [7, 11) is -3.95. The van der Waals surface area contributed by atoms with E-state index in [9.17, 15) is 17.2 Å². The second kappa shape index (κ2) is 8.13. The molecule has 1 atom stereocenters. The average Bonchev–Trinajstić information content (AvgIpc) is 2.73. The van der Waals surface area contributed by atoms with Gasteiger partial charge in [0, 0.05) is 17.5 Å². The first-order valence-electron chi connectivity index (χ1n) is 9.41. The minimum atomic E-state index is -3.95. The molecular weight excluding hydrogens is 424 g/mol. The normalized spacial score (nSPS) is 15.0. The molecule has 160 valence electrons. The number of fused-ring (bicyclic) bond motifs is 3. The summed E-state index contributed by atoms with van der Waals surface area (Å²) in [5.41, 5.74) is 2.84. The molecule has 0 saturated heterocycles. The van der Waals surface area contributed by atoms with Gasteiger partial charge in [-0.3, -0.25) is 0 Å². The van der Waals surface area contributed by atoms with Gasteiger partial charge in [0.05, 0.1) is 10.5 Å². The Hall–Kier alpha value is -3.23. The quantitative estimate of drug-likeness (QED) is 0.526. The maximum absolute atomic E-state index is 13.0. The largest absolute Gasteiger partial charge is 0.485 e. The first kappa shape index (κ1) is 21.0. The zero-order valence-electron chi connectivity index (χ0n) is 16.3. The van der Waals surface area contributed by atoms with E-state index in [1.165, 1.54) is 12.1 Å². The number of benzene rings is 3. The van der Waals surface area contributed by atoms with E-state index in [1.807, 2.05) is 0 Å². The van der Waals surface area contributed by atoms with E-state index >= 15 is 0 Å². The summed E-state index contributed by atoms with van der Waals surface area (Å²) in [6, 6.07) is 16.4. The minimum absolute atomic E-state index is 0.00323. The summed E-state index contributed by atoms with van der Waals surface area (Å²) in [5.74, 6) is 0.429. The third-order valence-electron chi connectivity index (χ3n) is 5.03. The van der Waals surface area contributed by atoms with Crippen LogP contribution >= 0.6 is 0 Å².